The summed E-state index contributed by atoms with van der Waals surface area (Å²) in [5, 5.41) is 0.977. The predicted molar refractivity (Wildman–Crippen MR) is 101 cm³/mol. The number of aryl methyl sites for hydroxylation is 2. The lowest BCUT2D eigenvalue weighted by molar-refractivity contribution is 0.0786. The van der Waals surface area contributed by atoms with Crippen LogP contribution in [0.1, 0.15) is 39.2 Å². The zero-order valence-electron chi connectivity index (χ0n) is 14.7. The van der Waals surface area contributed by atoms with Gasteiger partial charge in [-0.15, -0.1) is 0 Å². The molecule has 1 aliphatic rings. The number of carbonyl (C=O) groups excluding carboxylic acids is 1. The van der Waals surface area contributed by atoms with Gasteiger partial charge in [0, 0.05) is 24.7 Å². The molecule has 3 aromatic rings. The van der Waals surface area contributed by atoms with E-state index in [0.717, 1.165) is 47.0 Å². The van der Waals surface area contributed by atoms with Gasteiger partial charge in [-0.05, 0) is 48.9 Å². The Hall–Kier alpha value is -2.68. The Morgan fingerprint density at radius 3 is 2.68 bits per heavy atom. The first-order valence-electron chi connectivity index (χ1n) is 8.85. The fourth-order valence-electron chi connectivity index (χ4n) is 3.76. The van der Waals surface area contributed by atoms with Gasteiger partial charge in [0.25, 0.3) is 5.91 Å². The van der Waals surface area contributed by atoms with E-state index in [1.165, 1.54) is 11.1 Å². The number of rotatable bonds is 3. The van der Waals surface area contributed by atoms with Crippen molar-refractivity contribution in [2.45, 2.75) is 32.7 Å². The van der Waals surface area contributed by atoms with Gasteiger partial charge < -0.3 is 4.90 Å². The molecule has 2 aromatic carbocycles. The summed E-state index contributed by atoms with van der Waals surface area (Å²) < 4.78 is 0. The number of nitrogens with zero attached hydrogens (tertiary/aromatic N) is 2. The maximum absolute atomic E-state index is 13.3. The number of hydrogen-bond acceptors (Lipinski definition) is 2. The highest BCUT2D eigenvalue weighted by Crippen LogP contribution is 2.31. The number of carbonyl (C=O) groups is 1. The summed E-state index contributed by atoms with van der Waals surface area (Å²) in [6, 6.07) is 16.2. The lowest BCUT2D eigenvalue weighted by atomic mass is 9.99. The number of hydrogen-bond donors (Lipinski definition) is 0. The Balaban J connectivity index is 1.76. The molecule has 1 heterocycles. The molecule has 3 heteroatoms. The first kappa shape index (κ1) is 15.8. The second-order valence-corrected chi connectivity index (χ2v) is 6.87. The SMILES string of the molecule is Cc1ccccc1CN(C)C(=O)c1c2c(nc3ccccc13)CCC2. The second-order valence-electron chi connectivity index (χ2n) is 6.87. The topological polar surface area (TPSA) is 33.2 Å². The summed E-state index contributed by atoms with van der Waals surface area (Å²) in [4.78, 5) is 20.0. The van der Waals surface area contributed by atoms with Gasteiger partial charge in [0.05, 0.1) is 11.1 Å². The van der Waals surface area contributed by atoms with E-state index in [1.807, 2.05) is 48.3 Å². The lowest BCUT2D eigenvalue weighted by Gasteiger charge is -2.21. The minimum absolute atomic E-state index is 0.0972. The second kappa shape index (κ2) is 6.32. The largest absolute Gasteiger partial charge is 0.337 e. The Morgan fingerprint density at radius 2 is 1.84 bits per heavy atom. The molecule has 0 spiro atoms. The highest BCUT2D eigenvalue weighted by atomic mass is 16.2. The third-order valence-corrected chi connectivity index (χ3v) is 5.15. The van der Waals surface area contributed by atoms with E-state index < -0.39 is 0 Å². The van der Waals surface area contributed by atoms with Crippen LogP contribution in [-0.2, 0) is 19.4 Å². The standard InChI is InChI=1S/C22H22N2O/c1-15-8-3-4-9-16(15)14-24(2)22(25)21-17-10-5-6-12-19(17)23-20-13-7-11-18(20)21/h3-6,8-10,12H,7,11,13-14H2,1-2H3. The van der Waals surface area contributed by atoms with E-state index in [9.17, 15) is 4.79 Å². The Morgan fingerprint density at radius 1 is 1.08 bits per heavy atom. The van der Waals surface area contributed by atoms with Crippen molar-refractivity contribution in [3.63, 3.8) is 0 Å². The minimum Gasteiger partial charge on any atom is -0.337 e. The number of aromatic nitrogens is 1. The number of benzene rings is 2. The van der Waals surface area contributed by atoms with E-state index in [1.54, 1.807) is 0 Å². The maximum atomic E-state index is 13.3. The van der Waals surface area contributed by atoms with Gasteiger partial charge in [-0.25, -0.2) is 0 Å². The summed E-state index contributed by atoms with van der Waals surface area (Å²) >= 11 is 0. The molecule has 0 unspecified atom stereocenters. The van der Waals surface area contributed by atoms with Crippen LogP contribution in [0.25, 0.3) is 10.9 Å². The van der Waals surface area contributed by atoms with Crippen molar-refractivity contribution in [1.82, 2.24) is 9.88 Å². The van der Waals surface area contributed by atoms with Crippen molar-refractivity contribution in [3.8, 4) is 0 Å². The summed E-state index contributed by atoms with van der Waals surface area (Å²) in [7, 11) is 1.89. The Labute approximate surface area is 148 Å². The maximum Gasteiger partial charge on any atom is 0.254 e. The molecule has 0 bridgehead atoms. The lowest BCUT2D eigenvalue weighted by Crippen LogP contribution is -2.28. The number of fused-ring (bicyclic) bond motifs is 2. The summed E-state index contributed by atoms with van der Waals surface area (Å²) in [6.07, 6.45) is 3.01. The Bertz CT molecular complexity index is 961. The molecule has 3 nitrogen and oxygen atoms in total. The summed E-state index contributed by atoms with van der Waals surface area (Å²) in [5.41, 5.74) is 6.44. The van der Waals surface area contributed by atoms with Crippen LogP contribution in [-0.4, -0.2) is 22.8 Å². The van der Waals surface area contributed by atoms with E-state index >= 15 is 0 Å². The van der Waals surface area contributed by atoms with Crippen molar-refractivity contribution in [3.05, 3.63) is 76.5 Å². The number of amides is 1. The molecule has 4 rings (SSSR count). The van der Waals surface area contributed by atoms with Gasteiger partial charge >= 0.3 is 0 Å². The zero-order valence-corrected chi connectivity index (χ0v) is 14.7. The van der Waals surface area contributed by atoms with Crippen molar-refractivity contribution in [1.29, 1.82) is 0 Å². The van der Waals surface area contributed by atoms with Gasteiger partial charge in [-0.3, -0.25) is 9.78 Å². The van der Waals surface area contributed by atoms with Crippen LogP contribution in [0.4, 0.5) is 0 Å². The first-order chi connectivity index (χ1) is 12.1. The van der Waals surface area contributed by atoms with E-state index in [0.29, 0.717) is 6.54 Å². The molecule has 0 fully saturated rings. The van der Waals surface area contributed by atoms with Crippen molar-refractivity contribution in [2.75, 3.05) is 7.05 Å². The van der Waals surface area contributed by atoms with E-state index in [-0.39, 0.29) is 5.91 Å². The molecule has 25 heavy (non-hydrogen) atoms. The third kappa shape index (κ3) is 2.80. The number of pyridine rings is 1. The van der Waals surface area contributed by atoms with Gasteiger partial charge in [0.2, 0.25) is 0 Å². The molecule has 1 amide bonds. The van der Waals surface area contributed by atoms with E-state index in [2.05, 4.69) is 19.1 Å². The van der Waals surface area contributed by atoms with Crippen molar-refractivity contribution < 1.29 is 4.79 Å². The molecule has 0 aliphatic heterocycles. The monoisotopic (exact) mass is 330 g/mol. The zero-order chi connectivity index (χ0) is 17.4. The molecule has 126 valence electrons. The van der Waals surface area contributed by atoms with Crippen LogP contribution >= 0.6 is 0 Å². The molecular weight excluding hydrogens is 308 g/mol. The van der Waals surface area contributed by atoms with Gasteiger partial charge in [0.15, 0.2) is 0 Å². The quantitative estimate of drug-likeness (QED) is 0.717. The number of para-hydroxylation sites is 1. The molecule has 1 aliphatic carbocycles. The molecule has 0 saturated heterocycles. The molecule has 0 N–H and O–H groups in total. The van der Waals surface area contributed by atoms with Crippen LogP contribution in [0.3, 0.4) is 0 Å². The average Bonchev–Trinajstić information content (AvgIpc) is 3.09. The smallest absolute Gasteiger partial charge is 0.254 e. The van der Waals surface area contributed by atoms with E-state index in [4.69, 9.17) is 4.98 Å². The van der Waals surface area contributed by atoms with Crippen LogP contribution in [0, 0.1) is 6.92 Å². The van der Waals surface area contributed by atoms with Gasteiger partial charge in [0.1, 0.15) is 0 Å². The molecule has 0 saturated carbocycles. The fourth-order valence-corrected chi connectivity index (χ4v) is 3.76. The van der Waals surface area contributed by atoms with Crippen LogP contribution in [0.5, 0.6) is 0 Å². The minimum atomic E-state index is 0.0972. The van der Waals surface area contributed by atoms with Gasteiger partial charge in [-0.2, -0.15) is 0 Å². The molecule has 1 aromatic heterocycles. The predicted octanol–water partition coefficient (Wildman–Crippen LogP) is 4.30. The highest BCUT2D eigenvalue weighted by Gasteiger charge is 2.25. The van der Waals surface area contributed by atoms with Gasteiger partial charge in [-0.1, -0.05) is 42.5 Å². The van der Waals surface area contributed by atoms with Crippen LogP contribution < -0.4 is 0 Å². The third-order valence-electron chi connectivity index (χ3n) is 5.15. The molecule has 0 atom stereocenters. The average molecular weight is 330 g/mol. The van der Waals surface area contributed by atoms with Crippen LogP contribution in [0.2, 0.25) is 0 Å². The molecular formula is C22H22N2O. The summed E-state index contributed by atoms with van der Waals surface area (Å²) in [6.45, 7) is 2.71. The van der Waals surface area contributed by atoms with Crippen molar-refractivity contribution >= 4 is 16.8 Å². The first-order valence-corrected chi connectivity index (χ1v) is 8.85. The Kier molecular flexibility index (Phi) is 4.00. The fraction of sp³-hybridized carbons (Fsp3) is 0.273. The summed E-state index contributed by atoms with van der Waals surface area (Å²) in [5.74, 6) is 0.0972. The normalized spacial score (nSPS) is 13.0. The molecule has 0 radical (unpaired) electrons. The highest BCUT2D eigenvalue weighted by molar-refractivity contribution is 6.07. The van der Waals surface area contributed by atoms with Crippen LogP contribution in [0.15, 0.2) is 48.5 Å². The van der Waals surface area contributed by atoms with Crippen molar-refractivity contribution in [2.24, 2.45) is 0 Å².